The zero-order valence-electron chi connectivity index (χ0n) is 26.4. The molecular weight excluding hydrogens is 628 g/mol. The van der Waals surface area contributed by atoms with Gasteiger partial charge in [0.15, 0.2) is 0 Å². The van der Waals surface area contributed by atoms with E-state index in [1.54, 1.807) is 55.5 Å². The molecule has 0 radical (unpaired) electrons. The Bertz CT molecular complexity index is 2170. The number of pyridine rings is 1. The molecule has 11 heteroatoms. The minimum absolute atomic E-state index is 0.0461. The van der Waals surface area contributed by atoms with Crippen LogP contribution in [0.4, 0.5) is 17.1 Å². The van der Waals surface area contributed by atoms with Gasteiger partial charge in [0.1, 0.15) is 5.75 Å². The van der Waals surface area contributed by atoms with Gasteiger partial charge in [0.25, 0.3) is 11.8 Å². The average molecular weight is 663 g/mol. The van der Waals surface area contributed by atoms with E-state index in [1.807, 2.05) is 0 Å². The Morgan fingerprint density at radius 2 is 1.71 bits per heavy atom. The van der Waals surface area contributed by atoms with Crippen LogP contribution in [0, 0.1) is 18.8 Å². The number of carbonyl (C=O) groups excluding carboxylic acids is 2. The molecule has 1 aromatic heterocycles. The molecule has 1 heterocycles. The van der Waals surface area contributed by atoms with Crippen LogP contribution in [-0.2, 0) is 9.84 Å². The number of unbranched alkanes of at least 4 members (excludes halogenated alkanes) is 2. The lowest BCUT2D eigenvalue weighted by atomic mass is 10.1. The Balaban J connectivity index is 1.45. The number of fused-ring (bicyclic) bond motifs is 1. The highest BCUT2D eigenvalue weighted by molar-refractivity contribution is 7.91. The minimum Gasteiger partial charge on any atom is -0.497 e. The number of aliphatic hydroxyl groups excluding tert-OH is 1. The molecule has 0 saturated heterocycles. The lowest BCUT2D eigenvalue weighted by Gasteiger charge is -2.16. The molecule has 0 spiro atoms. The summed E-state index contributed by atoms with van der Waals surface area (Å²) in [7, 11) is -2.60. The van der Waals surface area contributed by atoms with Crippen molar-refractivity contribution in [2.45, 2.75) is 36.0 Å². The topological polar surface area (TPSA) is 161 Å². The fourth-order valence-corrected chi connectivity index (χ4v) is 6.46. The van der Waals surface area contributed by atoms with E-state index in [-0.39, 0.29) is 27.5 Å². The number of nitrogens with one attached hydrogen (secondary N) is 2. The van der Waals surface area contributed by atoms with E-state index in [2.05, 4.69) is 27.5 Å². The van der Waals surface area contributed by atoms with Crippen LogP contribution in [0.5, 0.6) is 5.75 Å². The predicted octanol–water partition coefficient (Wildman–Crippen LogP) is 5.99. The van der Waals surface area contributed by atoms with Crippen LogP contribution in [0.3, 0.4) is 0 Å². The Kier molecular flexibility index (Phi) is 10.4. The number of nitrogens with zero attached hydrogens (tertiary/aromatic N) is 1. The number of primary amides is 1. The van der Waals surface area contributed by atoms with Gasteiger partial charge in [0.2, 0.25) is 9.84 Å². The van der Waals surface area contributed by atoms with Gasteiger partial charge in [-0.1, -0.05) is 24.0 Å². The molecule has 0 aliphatic carbocycles. The summed E-state index contributed by atoms with van der Waals surface area (Å²) in [6, 6.07) is 22.8. The van der Waals surface area contributed by atoms with Gasteiger partial charge < -0.3 is 26.2 Å². The number of aryl methyl sites for hydroxylation is 1. The number of methoxy groups -OCH3 is 1. The number of aromatic nitrogens is 1. The highest BCUT2D eigenvalue weighted by Crippen LogP contribution is 2.35. The van der Waals surface area contributed by atoms with E-state index in [0.29, 0.717) is 52.1 Å². The van der Waals surface area contributed by atoms with Gasteiger partial charge in [-0.2, -0.15) is 0 Å². The van der Waals surface area contributed by atoms with E-state index in [4.69, 9.17) is 15.6 Å². The summed E-state index contributed by atoms with van der Waals surface area (Å²) in [5, 5.41) is 15.2. The summed E-state index contributed by atoms with van der Waals surface area (Å²) >= 11 is 0. The van der Waals surface area contributed by atoms with Gasteiger partial charge in [0, 0.05) is 53.2 Å². The molecule has 5 N–H and O–H groups in total. The maximum Gasteiger partial charge on any atom is 0.255 e. The first-order chi connectivity index (χ1) is 23.1. The van der Waals surface area contributed by atoms with E-state index < -0.39 is 21.7 Å². The van der Waals surface area contributed by atoms with Gasteiger partial charge in [-0.3, -0.25) is 14.6 Å². The van der Waals surface area contributed by atoms with Crippen LogP contribution in [-0.4, -0.2) is 44.0 Å². The zero-order chi connectivity index (χ0) is 34.3. The van der Waals surface area contributed by atoms with Crippen molar-refractivity contribution in [3.63, 3.8) is 0 Å². The summed E-state index contributed by atoms with van der Waals surface area (Å²) in [6.45, 7) is 1.88. The van der Waals surface area contributed by atoms with E-state index in [1.165, 1.54) is 49.7 Å². The Morgan fingerprint density at radius 3 is 2.44 bits per heavy atom. The summed E-state index contributed by atoms with van der Waals surface area (Å²) in [5.41, 5.74) is 9.17. The maximum absolute atomic E-state index is 14.0. The molecule has 0 saturated carbocycles. The number of hydrogen-bond donors (Lipinski definition) is 4. The molecule has 244 valence electrons. The number of ether oxygens (including phenoxy) is 1. The standard InChI is InChI=1S/C37H34N4O6S/c1-24-19-31(22-32-34(24)39-23-33(36(38)43)35(32)40-28-11-8-12-29(21-28)47-2)48(45,46)30-13-7-10-26(20-30)37(44)41-27-16-14-25(15-17-27)9-5-3-4-6-18-42/h7-8,10-17,19-23,42H,3-4,6,18H2,1-2H3,(H2,38,43)(H,39,40)(H,41,44). The van der Waals surface area contributed by atoms with Crippen molar-refractivity contribution >= 4 is 49.6 Å². The van der Waals surface area contributed by atoms with Gasteiger partial charge in [-0.05, 0) is 92.1 Å². The van der Waals surface area contributed by atoms with Gasteiger partial charge in [-0.15, -0.1) is 0 Å². The number of nitrogens with two attached hydrogens (primary N) is 1. The highest BCUT2D eigenvalue weighted by Gasteiger charge is 2.23. The number of carbonyl (C=O) groups is 2. The van der Waals surface area contributed by atoms with Crippen LogP contribution >= 0.6 is 0 Å². The molecule has 48 heavy (non-hydrogen) atoms. The number of amides is 2. The quantitative estimate of drug-likeness (QED) is 0.0991. The van der Waals surface area contributed by atoms with Crippen molar-refractivity contribution in [3.8, 4) is 17.6 Å². The van der Waals surface area contributed by atoms with E-state index in [9.17, 15) is 18.0 Å². The molecule has 10 nitrogen and oxygen atoms in total. The van der Waals surface area contributed by atoms with Crippen molar-refractivity contribution in [2.24, 2.45) is 5.73 Å². The van der Waals surface area contributed by atoms with Crippen LogP contribution in [0.1, 0.15) is 51.1 Å². The summed E-state index contributed by atoms with van der Waals surface area (Å²) < 4.78 is 33.3. The molecule has 4 aromatic carbocycles. The first kappa shape index (κ1) is 33.7. The normalized spacial score (nSPS) is 11.0. The molecule has 2 amide bonds. The van der Waals surface area contributed by atoms with Crippen LogP contribution in [0.2, 0.25) is 0 Å². The first-order valence-corrected chi connectivity index (χ1v) is 16.6. The number of hydrogen-bond acceptors (Lipinski definition) is 8. The fourth-order valence-electron chi connectivity index (χ4n) is 5.04. The Hall–Kier alpha value is -5.70. The Morgan fingerprint density at radius 1 is 0.938 bits per heavy atom. The molecule has 0 aliphatic rings. The zero-order valence-corrected chi connectivity index (χ0v) is 27.2. The van der Waals surface area contributed by atoms with Crippen LogP contribution < -0.4 is 21.1 Å². The molecule has 0 fully saturated rings. The molecule has 5 rings (SSSR count). The third-order valence-electron chi connectivity index (χ3n) is 7.54. The van der Waals surface area contributed by atoms with Gasteiger partial charge in [0.05, 0.1) is 33.7 Å². The maximum atomic E-state index is 14.0. The largest absolute Gasteiger partial charge is 0.497 e. The second kappa shape index (κ2) is 14.8. The van der Waals surface area contributed by atoms with Crippen LogP contribution in [0.15, 0.2) is 101 Å². The van der Waals surface area contributed by atoms with Crippen molar-refractivity contribution in [2.75, 3.05) is 24.4 Å². The predicted molar refractivity (Wildman–Crippen MR) is 185 cm³/mol. The number of anilines is 3. The molecule has 0 atom stereocenters. The third-order valence-corrected chi connectivity index (χ3v) is 9.27. The second-order valence-corrected chi connectivity index (χ2v) is 12.9. The van der Waals surface area contributed by atoms with Crippen molar-refractivity contribution in [1.29, 1.82) is 0 Å². The number of sulfone groups is 1. The number of rotatable bonds is 11. The van der Waals surface area contributed by atoms with Crippen LogP contribution in [0.25, 0.3) is 10.9 Å². The smallest absolute Gasteiger partial charge is 0.255 e. The first-order valence-electron chi connectivity index (χ1n) is 15.1. The minimum atomic E-state index is -4.14. The number of aliphatic hydroxyl groups is 1. The van der Waals surface area contributed by atoms with E-state index >= 15 is 0 Å². The molecule has 0 unspecified atom stereocenters. The molecule has 0 aliphatic heterocycles. The van der Waals surface area contributed by atoms with Crippen molar-refractivity contribution in [3.05, 3.63) is 113 Å². The van der Waals surface area contributed by atoms with E-state index in [0.717, 1.165) is 12.0 Å². The summed E-state index contributed by atoms with van der Waals surface area (Å²) in [5.74, 6) is 5.47. The lowest BCUT2D eigenvalue weighted by molar-refractivity contribution is 0.0998. The third kappa shape index (κ3) is 7.63. The lowest BCUT2D eigenvalue weighted by Crippen LogP contribution is -2.15. The molecular formula is C37H34N4O6S. The fraction of sp³-hybridized carbons (Fsp3) is 0.162. The highest BCUT2D eigenvalue weighted by atomic mass is 32.2. The number of benzene rings is 4. The SMILES string of the molecule is COc1cccc(Nc2c(C(N)=O)cnc3c(C)cc(S(=O)(=O)c4cccc(C(=O)Nc5ccc(C#CCCCCO)cc5)c4)cc23)c1. The molecule has 5 aromatic rings. The van der Waals surface area contributed by atoms with Gasteiger partial charge in [-0.25, -0.2) is 8.42 Å². The summed E-state index contributed by atoms with van der Waals surface area (Å²) in [4.78, 5) is 29.9. The van der Waals surface area contributed by atoms with Crippen molar-refractivity contribution < 1.29 is 27.9 Å². The summed E-state index contributed by atoms with van der Waals surface area (Å²) in [6.07, 6.45) is 3.58. The molecule has 0 bridgehead atoms. The Labute approximate surface area is 278 Å². The average Bonchev–Trinajstić information content (AvgIpc) is 3.09. The monoisotopic (exact) mass is 662 g/mol. The van der Waals surface area contributed by atoms with Gasteiger partial charge >= 0.3 is 0 Å². The van der Waals surface area contributed by atoms with Crippen molar-refractivity contribution in [1.82, 2.24) is 4.98 Å². The second-order valence-electron chi connectivity index (χ2n) is 10.9.